The summed E-state index contributed by atoms with van der Waals surface area (Å²) in [6.45, 7) is 9.03. The second kappa shape index (κ2) is 5.88. The van der Waals surface area contributed by atoms with Crippen molar-refractivity contribution in [1.29, 1.82) is 5.26 Å². The highest BCUT2D eigenvalue weighted by atomic mass is 15.0. The highest BCUT2D eigenvalue weighted by molar-refractivity contribution is 5.60. The zero-order valence-corrected chi connectivity index (χ0v) is 11.7. The Morgan fingerprint density at radius 3 is 2.61 bits per heavy atom. The van der Waals surface area contributed by atoms with Gasteiger partial charge in [-0.1, -0.05) is 19.9 Å². The molecule has 0 aliphatic carbocycles. The van der Waals surface area contributed by atoms with Crippen LogP contribution >= 0.6 is 0 Å². The van der Waals surface area contributed by atoms with E-state index in [1.165, 1.54) is 0 Å². The van der Waals surface area contributed by atoms with Crippen LogP contribution in [0.15, 0.2) is 18.2 Å². The number of nitrogens with two attached hydrogens (primary N) is 1. The lowest BCUT2D eigenvalue weighted by molar-refractivity contribution is 0.407. The fourth-order valence-corrected chi connectivity index (χ4v) is 2.27. The molecule has 0 saturated carbocycles. The van der Waals surface area contributed by atoms with Crippen molar-refractivity contribution in [1.82, 2.24) is 0 Å². The molecule has 1 atom stereocenters. The Morgan fingerprint density at radius 1 is 1.44 bits per heavy atom. The number of hydrogen-bond acceptors (Lipinski definition) is 3. The molecule has 1 rings (SSSR count). The van der Waals surface area contributed by atoms with Gasteiger partial charge in [-0.3, -0.25) is 0 Å². The standard InChI is InChI=1S/C15H23N3/c1-11(2)8-15(4,10-17)18-14-7-12(3)5-6-13(14)9-16/h5-7,11,18H,8,10,17H2,1-4H3. The van der Waals surface area contributed by atoms with E-state index in [1.54, 1.807) is 0 Å². The Kier molecular flexibility index (Phi) is 4.75. The van der Waals surface area contributed by atoms with Crippen LogP contribution in [0.25, 0.3) is 0 Å². The van der Waals surface area contributed by atoms with E-state index in [-0.39, 0.29) is 5.54 Å². The molecule has 0 saturated heterocycles. The minimum absolute atomic E-state index is 0.173. The molecule has 18 heavy (non-hydrogen) atoms. The molecule has 1 aromatic carbocycles. The molecular formula is C15H23N3. The average Bonchev–Trinajstić information content (AvgIpc) is 2.28. The molecule has 0 amide bonds. The number of rotatable bonds is 5. The van der Waals surface area contributed by atoms with Crippen molar-refractivity contribution in [3.05, 3.63) is 29.3 Å². The maximum Gasteiger partial charge on any atom is 0.101 e. The van der Waals surface area contributed by atoms with Crippen molar-refractivity contribution >= 4 is 5.69 Å². The molecule has 0 aliphatic rings. The van der Waals surface area contributed by atoms with E-state index in [0.717, 1.165) is 17.7 Å². The van der Waals surface area contributed by atoms with Crippen LogP contribution in [0.5, 0.6) is 0 Å². The number of nitrogens with zero attached hydrogens (tertiary/aromatic N) is 1. The van der Waals surface area contributed by atoms with E-state index in [1.807, 2.05) is 25.1 Å². The number of nitrogens with one attached hydrogen (secondary N) is 1. The highest BCUT2D eigenvalue weighted by Crippen LogP contribution is 2.25. The molecule has 3 heteroatoms. The van der Waals surface area contributed by atoms with Crippen LogP contribution in [0.1, 0.15) is 38.3 Å². The molecule has 0 aromatic heterocycles. The SMILES string of the molecule is Cc1ccc(C#N)c(NC(C)(CN)CC(C)C)c1. The molecule has 1 unspecified atom stereocenters. The van der Waals surface area contributed by atoms with Gasteiger partial charge in [0.05, 0.1) is 11.3 Å². The molecule has 98 valence electrons. The third-order valence-corrected chi connectivity index (χ3v) is 3.04. The molecule has 0 spiro atoms. The summed E-state index contributed by atoms with van der Waals surface area (Å²) in [5.74, 6) is 0.557. The van der Waals surface area contributed by atoms with Crippen molar-refractivity contribution in [3.63, 3.8) is 0 Å². The van der Waals surface area contributed by atoms with Crippen LogP contribution < -0.4 is 11.1 Å². The lowest BCUT2D eigenvalue weighted by atomic mass is 9.90. The minimum atomic E-state index is -0.173. The molecule has 0 heterocycles. The van der Waals surface area contributed by atoms with Gasteiger partial charge in [-0.05, 0) is 43.9 Å². The first-order valence-corrected chi connectivity index (χ1v) is 6.39. The van der Waals surface area contributed by atoms with Crippen molar-refractivity contribution in [2.75, 3.05) is 11.9 Å². The summed E-state index contributed by atoms with van der Waals surface area (Å²) in [7, 11) is 0. The van der Waals surface area contributed by atoms with E-state index in [9.17, 15) is 0 Å². The van der Waals surface area contributed by atoms with Crippen LogP contribution in [0.3, 0.4) is 0 Å². The summed E-state index contributed by atoms with van der Waals surface area (Å²) in [5, 5.41) is 12.6. The second-order valence-electron chi connectivity index (χ2n) is 5.65. The molecule has 1 aromatic rings. The first-order chi connectivity index (χ1) is 8.40. The zero-order valence-electron chi connectivity index (χ0n) is 11.7. The normalized spacial score (nSPS) is 14.1. The number of benzene rings is 1. The third kappa shape index (κ3) is 3.75. The predicted octanol–water partition coefficient (Wildman–Crippen LogP) is 3.04. The van der Waals surface area contributed by atoms with E-state index < -0.39 is 0 Å². The largest absolute Gasteiger partial charge is 0.378 e. The maximum atomic E-state index is 9.14. The Bertz CT molecular complexity index is 446. The molecule has 3 N–H and O–H groups in total. The number of aryl methyl sites for hydroxylation is 1. The minimum Gasteiger partial charge on any atom is -0.378 e. The second-order valence-corrected chi connectivity index (χ2v) is 5.65. The van der Waals surface area contributed by atoms with Gasteiger partial charge in [0.25, 0.3) is 0 Å². The van der Waals surface area contributed by atoms with E-state index in [2.05, 4.69) is 32.2 Å². The fraction of sp³-hybridized carbons (Fsp3) is 0.533. The topological polar surface area (TPSA) is 61.8 Å². The van der Waals surface area contributed by atoms with E-state index in [4.69, 9.17) is 11.0 Å². The predicted molar refractivity (Wildman–Crippen MR) is 76.4 cm³/mol. The number of hydrogen-bond donors (Lipinski definition) is 2. The zero-order chi connectivity index (χ0) is 13.8. The maximum absolute atomic E-state index is 9.14. The number of nitriles is 1. The van der Waals surface area contributed by atoms with Crippen LogP contribution in [-0.4, -0.2) is 12.1 Å². The monoisotopic (exact) mass is 245 g/mol. The third-order valence-electron chi connectivity index (χ3n) is 3.04. The molecule has 3 nitrogen and oxygen atoms in total. The van der Waals surface area contributed by atoms with E-state index in [0.29, 0.717) is 18.0 Å². The Morgan fingerprint density at radius 2 is 2.11 bits per heavy atom. The Labute approximate surface area is 110 Å². The van der Waals surface area contributed by atoms with Crippen molar-refractivity contribution in [3.8, 4) is 6.07 Å². The highest BCUT2D eigenvalue weighted by Gasteiger charge is 2.24. The van der Waals surface area contributed by atoms with Gasteiger partial charge < -0.3 is 11.1 Å². The first kappa shape index (κ1) is 14.5. The lowest BCUT2D eigenvalue weighted by Gasteiger charge is -2.32. The number of anilines is 1. The molecule has 0 bridgehead atoms. The summed E-state index contributed by atoms with van der Waals surface area (Å²) < 4.78 is 0. The Balaban J connectivity index is 3.01. The van der Waals surface area contributed by atoms with Gasteiger partial charge in [-0.15, -0.1) is 0 Å². The Hall–Kier alpha value is -1.53. The van der Waals surface area contributed by atoms with Gasteiger partial charge in [0.2, 0.25) is 0 Å². The molecule has 0 fully saturated rings. The molecule has 0 radical (unpaired) electrons. The van der Waals surface area contributed by atoms with Gasteiger partial charge in [-0.2, -0.15) is 5.26 Å². The van der Waals surface area contributed by atoms with E-state index >= 15 is 0 Å². The van der Waals surface area contributed by atoms with Crippen molar-refractivity contribution in [2.45, 2.75) is 39.7 Å². The smallest absolute Gasteiger partial charge is 0.101 e. The van der Waals surface area contributed by atoms with Gasteiger partial charge >= 0.3 is 0 Å². The molecular weight excluding hydrogens is 222 g/mol. The van der Waals surface area contributed by atoms with Gasteiger partial charge in [0.15, 0.2) is 0 Å². The van der Waals surface area contributed by atoms with Crippen LogP contribution in [0, 0.1) is 24.2 Å². The van der Waals surface area contributed by atoms with Crippen LogP contribution in [0.2, 0.25) is 0 Å². The lowest BCUT2D eigenvalue weighted by Crippen LogP contribution is -2.43. The molecule has 0 aliphatic heterocycles. The summed E-state index contributed by atoms with van der Waals surface area (Å²) in [6.07, 6.45) is 0.975. The van der Waals surface area contributed by atoms with Gasteiger partial charge in [0.1, 0.15) is 6.07 Å². The van der Waals surface area contributed by atoms with Crippen molar-refractivity contribution < 1.29 is 0 Å². The summed E-state index contributed by atoms with van der Waals surface area (Å²) in [6, 6.07) is 8.03. The van der Waals surface area contributed by atoms with Crippen LogP contribution in [0.4, 0.5) is 5.69 Å². The van der Waals surface area contributed by atoms with Crippen molar-refractivity contribution in [2.24, 2.45) is 11.7 Å². The summed E-state index contributed by atoms with van der Waals surface area (Å²) in [5.41, 5.74) is 8.40. The fourth-order valence-electron chi connectivity index (χ4n) is 2.27. The first-order valence-electron chi connectivity index (χ1n) is 6.39. The average molecular weight is 245 g/mol. The quantitative estimate of drug-likeness (QED) is 0.838. The summed E-state index contributed by atoms with van der Waals surface area (Å²) >= 11 is 0. The van der Waals surface area contributed by atoms with Gasteiger partial charge in [0, 0.05) is 12.1 Å². The van der Waals surface area contributed by atoms with Gasteiger partial charge in [-0.25, -0.2) is 0 Å². The van der Waals surface area contributed by atoms with Crippen LogP contribution in [-0.2, 0) is 0 Å². The summed E-state index contributed by atoms with van der Waals surface area (Å²) in [4.78, 5) is 0.